The number of carbonyl (C=O) groups excluding carboxylic acids is 1. The van der Waals surface area contributed by atoms with Gasteiger partial charge in [-0.25, -0.2) is 0 Å². The Morgan fingerprint density at radius 3 is 2.64 bits per heavy atom. The van der Waals surface area contributed by atoms with Gasteiger partial charge >= 0.3 is 0 Å². The Morgan fingerprint density at radius 2 is 2.07 bits per heavy atom. The third-order valence-corrected chi connectivity index (χ3v) is 2.76. The number of hydrogen-bond donors (Lipinski definition) is 2. The molecule has 0 aliphatic heterocycles. The van der Waals surface area contributed by atoms with E-state index in [1.54, 1.807) is 18.8 Å². The molecule has 0 radical (unpaired) electrons. The second kappa shape index (κ2) is 5.54. The number of hydrogen-bond acceptors (Lipinski definition) is 3. The first-order valence-electron chi connectivity index (χ1n) is 4.35. The zero-order chi connectivity index (χ0) is 10.4. The van der Waals surface area contributed by atoms with E-state index >= 15 is 0 Å². The number of nitrogens with one attached hydrogen (secondary N) is 1. The van der Waals surface area contributed by atoms with Gasteiger partial charge in [0.1, 0.15) is 0 Å². The molecule has 0 unspecified atom stereocenters. The molecule has 0 spiro atoms. The van der Waals surface area contributed by atoms with Gasteiger partial charge in [0.2, 0.25) is 5.91 Å². The normalized spacial score (nSPS) is 9.79. The number of carbonyl (C=O) groups is 1. The average Bonchev–Trinajstić information content (AvgIpc) is 2.21. The molecule has 3 nitrogen and oxygen atoms in total. The zero-order valence-corrected chi connectivity index (χ0v) is 8.93. The highest BCUT2D eigenvalue weighted by molar-refractivity contribution is 7.99. The van der Waals surface area contributed by atoms with E-state index in [2.05, 4.69) is 5.32 Å². The van der Waals surface area contributed by atoms with E-state index in [4.69, 9.17) is 5.73 Å². The number of rotatable bonds is 4. The van der Waals surface area contributed by atoms with E-state index in [1.165, 1.54) is 5.56 Å². The Balaban J connectivity index is 2.31. The second-order valence-electron chi connectivity index (χ2n) is 2.91. The Morgan fingerprint density at radius 1 is 1.43 bits per heavy atom. The first kappa shape index (κ1) is 10.9. The van der Waals surface area contributed by atoms with Crippen LogP contribution in [-0.4, -0.2) is 18.7 Å². The van der Waals surface area contributed by atoms with Crippen molar-refractivity contribution in [2.24, 2.45) is 0 Å². The molecule has 0 heterocycles. The van der Waals surface area contributed by atoms with E-state index in [9.17, 15) is 4.79 Å². The molecule has 0 saturated heterocycles. The molecule has 0 aliphatic rings. The van der Waals surface area contributed by atoms with Gasteiger partial charge in [0.15, 0.2) is 0 Å². The van der Waals surface area contributed by atoms with Crippen LogP contribution in [0.5, 0.6) is 0 Å². The lowest BCUT2D eigenvalue weighted by atomic mass is 10.2. The Kier molecular flexibility index (Phi) is 4.32. The molecule has 14 heavy (non-hydrogen) atoms. The van der Waals surface area contributed by atoms with Gasteiger partial charge in [-0.3, -0.25) is 4.79 Å². The highest BCUT2D eigenvalue weighted by Gasteiger charge is 1.98. The molecule has 1 rings (SSSR count). The quantitative estimate of drug-likeness (QED) is 0.735. The number of anilines is 1. The maximum atomic E-state index is 10.9. The number of amides is 1. The van der Waals surface area contributed by atoms with Gasteiger partial charge in [-0.1, -0.05) is 12.1 Å². The lowest BCUT2D eigenvalue weighted by Crippen LogP contribution is -2.19. The summed E-state index contributed by atoms with van der Waals surface area (Å²) in [6, 6.07) is 7.70. The summed E-state index contributed by atoms with van der Waals surface area (Å²) >= 11 is 1.59. The summed E-state index contributed by atoms with van der Waals surface area (Å²) in [4.78, 5) is 10.9. The number of benzene rings is 1. The van der Waals surface area contributed by atoms with E-state index in [-0.39, 0.29) is 5.91 Å². The van der Waals surface area contributed by atoms with Gasteiger partial charge in [-0.05, 0) is 17.7 Å². The Labute approximate surface area is 88.1 Å². The lowest BCUT2D eigenvalue weighted by molar-refractivity contribution is -0.118. The first-order valence-corrected chi connectivity index (χ1v) is 5.50. The molecule has 3 N–H and O–H groups in total. The van der Waals surface area contributed by atoms with Crippen molar-refractivity contribution in [1.82, 2.24) is 5.32 Å². The van der Waals surface area contributed by atoms with Crippen LogP contribution in [0.15, 0.2) is 24.3 Å². The molecule has 0 saturated carbocycles. The van der Waals surface area contributed by atoms with Crippen LogP contribution in [0.4, 0.5) is 5.69 Å². The summed E-state index contributed by atoms with van der Waals surface area (Å²) in [7, 11) is 1.64. The van der Waals surface area contributed by atoms with Crippen molar-refractivity contribution in [3.8, 4) is 0 Å². The summed E-state index contributed by atoms with van der Waals surface area (Å²) in [5.41, 5.74) is 7.51. The van der Waals surface area contributed by atoms with Gasteiger partial charge in [0.05, 0.1) is 5.75 Å². The van der Waals surface area contributed by atoms with Gasteiger partial charge in [-0.2, -0.15) is 0 Å². The van der Waals surface area contributed by atoms with Crippen LogP contribution in [-0.2, 0) is 10.5 Å². The fourth-order valence-corrected chi connectivity index (χ4v) is 1.81. The fourth-order valence-electron chi connectivity index (χ4n) is 0.948. The van der Waals surface area contributed by atoms with Crippen LogP contribution in [0.25, 0.3) is 0 Å². The minimum Gasteiger partial charge on any atom is -0.399 e. The molecule has 0 aliphatic carbocycles. The highest BCUT2D eigenvalue weighted by atomic mass is 32.2. The van der Waals surface area contributed by atoms with Crippen LogP contribution in [0.2, 0.25) is 0 Å². The molecule has 76 valence electrons. The van der Waals surface area contributed by atoms with Crippen molar-refractivity contribution < 1.29 is 4.79 Å². The molecule has 4 heteroatoms. The van der Waals surface area contributed by atoms with Crippen molar-refractivity contribution in [1.29, 1.82) is 0 Å². The van der Waals surface area contributed by atoms with Crippen LogP contribution in [0, 0.1) is 0 Å². The fraction of sp³-hybridized carbons (Fsp3) is 0.300. The third kappa shape index (κ3) is 3.70. The first-order chi connectivity index (χ1) is 6.72. The molecule has 0 fully saturated rings. The van der Waals surface area contributed by atoms with Crippen LogP contribution in [0.1, 0.15) is 5.56 Å². The molecule has 0 aromatic heterocycles. The largest absolute Gasteiger partial charge is 0.399 e. The number of nitrogen functional groups attached to an aromatic ring is 1. The summed E-state index contributed by atoms with van der Waals surface area (Å²) in [6.07, 6.45) is 0. The van der Waals surface area contributed by atoms with Gasteiger partial charge in [0, 0.05) is 18.5 Å². The smallest absolute Gasteiger partial charge is 0.229 e. The lowest BCUT2D eigenvalue weighted by Gasteiger charge is -2.01. The summed E-state index contributed by atoms with van der Waals surface area (Å²) < 4.78 is 0. The standard InChI is InChI=1S/C10H14N2OS/c1-12-10(13)7-14-6-8-2-4-9(11)5-3-8/h2-5H,6-7,11H2,1H3,(H,12,13). The topological polar surface area (TPSA) is 55.1 Å². The summed E-state index contributed by atoms with van der Waals surface area (Å²) in [5.74, 6) is 1.40. The van der Waals surface area contributed by atoms with Gasteiger partial charge < -0.3 is 11.1 Å². The van der Waals surface area contributed by atoms with Crippen LogP contribution in [0.3, 0.4) is 0 Å². The van der Waals surface area contributed by atoms with E-state index < -0.39 is 0 Å². The zero-order valence-electron chi connectivity index (χ0n) is 8.12. The third-order valence-electron chi connectivity index (χ3n) is 1.76. The van der Waals surface area contributed by atoms with E-state index in [1.807, 2.05) is 24.3 Å². The van der Waals surface area contributed by atoms with Crippen molar-refractivity contribution in [2.75, 3.05) is 18.5 Å². The maximum absolute atomic E-state index is 10.9. The van der Waals surface area contributed by atoms with Crippen molar-refractivity contribution in [3.05, 3.63) is 29.8 Å². The predicted octanol–water partition coefficient (Wildman–Crippen LogP) is 1.25. The van der Waals surface area contributed by atoms with E-state index in [0.717, 1.165) is 11.4 Å². The molecule has 0 bridgehead atoms. The molecular formula is C10H14N2OS. The molecule has 1 amide bonds. The minimum atomic E-state index is 0.0606. The molecule has 1 aromatic rings. The monoisotopic (exact) mass is 210 g/mol. The maximum Gasteiger partial charge on any atom is 0.229 e. The SMILES string of the molecule is CNC(=O)CSCc1ccc(N)cc1. The van der Waals surface area contributed by atoms with E-state index in [0.29, 0.717) is 5.75 Å². The van der Waals surface area contributed by atoms with Crippen LogP contribution < -0.4 is 11.1 Å². The molecule has 0 atom stereocenters. The molecular weight excluding hydrogens is 196 g/mol. The predicted molar refractivity (Wildman–Crippen MR) is 61.1 cm³/mol. The summed E-state index contributed by atoms with van der Waals surface area (Å²) in [5, 5.41) is 2.58. The van der Waals surface area contributed by atoms with Crippen LogP contribution >= 0.6 is 11.8 Å². The van der Waals surface area contributed by atoms with Gasteiger partial charge in [-0.15, -0.1) is 11.8 Å². The second-order valence-corrected chi connectivity index (χ2v) is 3.89. The Hall–Kier alpha value is -1.16. The van der Waals surface area contributed by atoms with Gasteiger partial charge in [0.25, 0.3) is 0 Å². The summed E-state index contributed by atoms with van der Waals surface area (Å²) in [6.45, 7) is 0. The van der Waals surface area contributed by atoms with Crippen molar-refractivity contribution in [2.45, 2.75) is 5.75 Å². The minimum absolute atomic E-state index is 0.0606. The van der Waals surface area contributed by atoms with Crippen molar-refractivity contribution >= 4 is 23.4 Å². The number of nitrogens with two attached hydrogens (primary N) is 1. The highest BCUT2D eigenvalue weighted by Crippen LogP contribution is 2.13. The molecule has 1 aromatic carbocycles. The number of thioether (sulfide) groups is 1. The van der Waals surface area contributed by atoms with Crippen molar-refractivity contribution in [3.63, 3.8) is 0 Å². The average molecular weight is 210 g/mol. The Bertz CT molecular complexity index is 297.